The van der Waals surface area contributed by atoms with Crippen molar-refractivity contribution in [2.75, 3.05) is 0 Å². The van der Waals surface area contributed by atoms with Crippen molar-refractivity contribution in [3.8, 4) is 5.69 Å². The summed E-state index contributed by atoms with van der Waals surface area (Å²) < 4.78 is 39.9. The standard InChI is InChI=1S/C18H13ClF3N5O/c1-11-15(10-24-25-17(28)12-4-3-7-23-9-12)16(19)27(26-11)14-6-2-5-13(8-14)18(20,21)22/h2-10H,1H3,(H,25,28). The lowest BCUT2D eigenvalue weighted by atomic mass is 10.2. The first-order valence-corrected chi connectivity index (χ1v) is 8.31. The molecule has 0 saturated heterocycles. The van der Waals surface area contributed by atoms with Crippen LogP contribution in [-0.4, -0.2) is 26.9 Å². The molecule has 0 radical (unpaired) electrons. The quantitative estimate of drug-likeness (QED) is 0.524. The minimum atomic E-state index is -4.48. The molecule has 1 N–H and O–H groups in total. The number of halogens is 4. The van der Waals surface area contributed by atoms with Crippen molar-refractivity contribution < 1.29 is 18.0 Å². The first-order valence-electron chi connectivity index (χ1n) is 7.93. The Balaban J connectivity index is 1.84. The van der Waals surface area contributed by atoms with Gasteiger partial charge in [0.1, 0.15) is 5.15 Å². The van der Waals surface area contributed by atoms with E-state index in [-0.39, 0.29) is 10.8 Å². The van der Waals surface area contributed by atoms with Crippen LogP contribution in [0, 0.1) is 6.92 Å². The van der Waals surface area contributed by atoms with E-state index in [1.54, 1.807) is 19.1 Å². The number of rotatable bonds is 4. The van der Waals surface area contributed by atoms with Crippen LogP contribution in [0.5, 0.6) is 0 Å². The molecule has 0 saturated carbocycles. The summed E-state index contributed by atoms with van der Waals surface area (Å²) in [6.45, 7) is 1.63. The third kappa shape index (κ3) is 4.20. The number of hydrogen-bond acceptors (Lipinski definition) is 4. The van der Waals surface area contributed by atoms with Gasteiger partial charge in [0.25, 0.3) is 5.91 Å². The molecule has 1 aromatic carbocycles. The Bertz CT molecular complexity index is 1030. The number of carbonyl (C=O) groups excluding carboxylic acids is 1. The number of pyridine rings is 1. The smallest absolute Gasteiger partial charge is 0.267 e. The highest BCUT2D eigenvalue weighted by atomic mass is 35.5. The SMILES string of the molecule is Cc1nn(-c2cccc(C(F)(F)F)c2)c(Cl)c1C=NNC(=O)c1cccnc1. The van der Waals surface area contributed by atoms with Crippen molar-refractivity contribution in [1.29, 1.82) is 0 Å². The molecule has 6 nitrogen and oxygen atoms in total. The Hall–Kier alpha value is -3.20. The zero-order valence-corrected chi connectivity index (χ0v) is 15.2. The van der Waals surface area contributed by atoms with E-state index < -0.39 is 17.6 Å². The maximum absolute atomic E-state index is 12.9. The van der Waals surface area contributed by atoms with Gasteiger partial charge >= 0.3 is 6.18 Å². The van der Waals surface area contributed by atoms with Crippen LogP contribution < -0.4 is 5.43 Å². The van der Waals surface area contributed by atoms with Crippen molar-refractivity contribution >= 4 is 23.7 Å². The first-order chi connectivity index (χ1) is 13.3. The van der Waals surface area contributed by atoms with Crippen LogP contribution in [0.3, 0.4) is 0 Å². The summed E-state index contributed by atoms with van der Waals surface area (Å²) in [6, 6.07) is 7.82. The molecule has 1 amide bonds. The van der Waals surface area contributed by atoms with Gasteiger partial charge in [-0.05, 0) is 37.3 Å². The number of aryl methyl sites for hydroxylation is 1. The number of alkyl halides is 3. The summed E-state index contributed by atoms with van der Waals surface area (Å²) >= 11 is 6.27. The summed E-state index contributed by atoms with van der Waals surface area (Å²) in [5, 5.41) is 8.06. The molecule has 0 fully saturated rings. The van der Waals surface area contributed by atoms with Gasteiger partial charge in [-0.25, -0.2) is 10.1 Å². The van der Waals surface area contributed by atoms with E-state index in [0.717, 1.165) is 12.1 Å². The monoisotopic (exact) mass is 407 g/mol. The van der Waals surface area contributed by atoms with Gasteiger partial charge in [0.05, 0.1) is 34.3 Å². The van der Waals surface area contributed by atoms with Crippen LogP contribution >= 0.6 is 11.6 Å². The average Bonchev–Trinajstić information content (AvgIpc) is 2.96. The minimum absolute atomic E-state index is 0.0659. The summed E-state index contributed by atoms with van der Waals surface area (Å²) in [5.74, 6) is -0.469. The van der Waals surface area contributed by atoms with Gasteiger partial charge in [-0.2, -0.15) is 23.4 Å². The highest BCUT2D eigenvalue weighted by Crippen LogP contribution is 2.31. The second kappa shape index (κ2) is 7.81. The van der Waals surface area contributed by atoms with Crippen molar-refractivity contribution in [2.45, 2.75) is 13.1 Å². The molecule has 144 valence electrons. The molecular weight excluding hydrogens is 395 g/mol. The number of hydrogen-bond donors (Lipinski definition) is 1. The molecule has 2 heterocycles. The summed E-state index contributed by atoms with van der Waals surface area (Å²) in [5.41, 5.74) is 2.79. The van der Waals surface area contributed by atoms with Crippen LogP contribution in [0.25, 0.3) is 5.69 Å². The predicted molar refractivity (Wildman–Crippen MR) is 97.6 cm³/mol. The fourth-order valence-electron chi connectivity index (χ4n) is 2.36. The van der Waals surface area contributed by atoms with Crippen LogP contribution in [-0.2, 0) is 6.18 Å². The van der Waals surface area contributed by atoms with Gasteiger partial charge in [-0.15, -0.1) is 0 Å². The molecule has 0 aliphatic carbocycles. The van der Waals surface area contributed by atoms with E-state index in [2.05, 4.69) is 20.6 Å². The second-order valence-electron chi connectivity index (χ2n) is 5.69. The average molecular weight is 408 g/mol. The third-order valence-corrected chi connectivity index (χ3v) is 4.11. The van der Waals surface area contributed by atoms with E-state index in [0.29, 0.717) is 16.8 Å². The largest absolute Gasteiger partial charge is 0.416 e. The number of aromatic nitrogens is 3. The highest BCUT2D eigenvalue weighted by Gasteiger charge is 2.30. The molecule has 3 rings (SSSR count). The van der Waals surface area contributed by atoms with Crippen molar-refractivity contribution in [3.05, 3.63) is 76.3 Å². The Morgan fingerprint density at radius 2 is 2.07 bits per heavy atom. The molecular formula is C18H13ClF3N5O. The zero-order chi connectivity index (χ0) is 20.3. The number of nitrogens with zero attached hydrogens (tertiary/aromatic N) is 4. The lowest BCUT2D eigenvalue weighted by Gasteiger charge is -2.09. The van der Waals surface area contributed by atoms with E-state index in [9.17, 15) is 18.0 Å². The Morgan fingerprint density at radius 3 is 2.75 bits per heavy atom. The molecule has 0 atom stereocenters. The number of amides is 1. The number of nitrogens with one attached hydrogen (secondary N) is 1. The maximum Gasteiger partial charge on any atom is 0.416 e. The van der Waals surface area contributed by atoms with Gasteiger partial charge in [-0.1, -0.05) is 17.7 Å². The Kier molecular flexibility index (Phi) is 5.46. The first kappa shape index (κ1) is 19.6. The molecule has 0 aliphatic rings. The van der Waals surface area contributed by atoms with E-state index in [4.69, 9.17) is 11.6 Å². The van der Waals surface area contributed by atoms with Gasteiger partial charge in [-0.3, -0.25) is 9.78 Å². The molecule has 3 aromatic rings. The third-order valence-electron chi connectivity index (χ3n) is 3.75. The number of carbonyl (C=O) groups is 1. The van der Waals surface area contributed by atoms with Gasteiger partial charge < -0.3 is 0 Å². The van der Waals surface area contributed by atoms with Crippen LogP contribution in [0.2, 0.25) is 5.15 Å². The summed E-state index contributed by atoms with van der Waals surface area (Å²) in [4.78, 5) is 15.8. The Morgan fingerprint density at radius 1 is 1.29 bits per heavy atom. The van der Waals surface area contributed by atoms with Gasteiger partial charge in [0.15, 0.2) is 0 Å². The van der Waals surface area contributed by atoms with Crippen LogP contribution in [0.4, 0.5) is 13.2 Å². The topological polar surface area (TPSA) is 72.2 Å². The second-order valence-corrected chi connectivity index (χ2v) is 6.05. The fraction of sp³-hybridized carbons (Fsp3) is 0.111. The molecule has 0 bridgehead atoms. The van der Waals surface area contributed by atoms with E-state index >= 15 is 0 Å². The van der Waals surface area contributed by atoms with Gasteiger partial charge in [0, 0.05) is 12.4 Å². The maximum atomic E-state index is 12.9. The summed E-state index contributed by atoms with van der Waals surface area (Å²) in [6.07, 6.45) is -0.283. The highest BCUT2D eigenvalue weighted by molar-refractivity contribution is 6.32. The number of benzene rings is 1. The fourth-order valence-corrected chi connectivity index (χ4v) is 2.68. The lowest BCUT2D eigenvalue weighted by molar-refractivity contribution is -0.137. The van der Waals surface area contributed by atoms with Gasteiger partial charge in [0.2, 0.25) is 0 Å². The molecule has 0 aliphatic heterocycles. The molecule has 2 aromatic heterocycles. The normalized spacial score (nSPS) is 11.8. The van der Waals surface area contributed by atoms with Crippen molar-refractivity contribution in [2.24, 2.45) is 5.10 Å². The predicted octanol–water partition coefficient (Wildman–Crippen LogP) is 4.01. The van der Waals surface area contributed by atoms with Crippen molar-refractivity contribution in [3.63, 3.8) is 0 Å². The van der Waals surface area contributed by atoms with Crippen LogP contribution in [0.15, 0.2) is 53.9 Å². The lowest BCUT2D eigenvalue weighted by Crippen LogP contribution is -2.17. The minimum Gasteiger partial charge on any atom is -0.267 e. The summed E-state index contributed by atoms with van der Waals surface area (Å²) in [7, 11) is 0. The van der Waals surface area contributed by atoms with Crippen molar-refractivity contribution in [1.82, 2.24) is 20.2 Å². The van der Waals surface area contributed by atoms with Crippen LogP contribution in [0.1, 0.15) is 27.2 Å². The zero-order valence-electron chi connectivity index (χ0n) is 14.4. The Labute approximate surface area is 162 Å². The number of hydrazone groups is 1. The van der Waals surface area contributed by atoms with E-state index in [1.807, 2.05) is 0 Å². The molecule has 0 spiro atoms. The molecule has 28 heavy (non-hydrogen) atoms. The molecule has 10 heteroatoms. The molecule has 0 unspecified atom stereocenters. The van der Waals surface area contributed by atoms with E-state index in [1.165, 1.54) is 35.4 Å².